The number of nitriles is 1. The molecule has 2 fully saturated rings. The molecule has 0 radical (unpaired) electrons. The second kappa shape index (κ2) is 12.8. The third kappa shape index (κ3) is 8.06. The average molecular weight is 629 g/mol. The monoisotopic (exact) mass is 628 g/mol. The first-order chi connectivity index (χ1) is 20.9. The highest BCUT2D eigenvalue weighted by Gasteiger charge is 2.34. The minimum atomic E-state index is -6.31. The Morgan fingerprint density at radius 3 is 2.09 bits per heavy atom. The Labute approximate surface area is 255 Å². The summed E-state index contributed by atoms with van der Waals surface area (Å²) in [5.74, 6) is -0.267. The molecule has 5 rings (SSSR count). The molecule has 13 heteroatoms. The SMILES string of the molecule is C[SH](F)(F)(F)c1ccc(OC2CCN(C(=O)c3ccc(C(=O)NC4CCN(Cc5ccc(C#N)cc5)CC4)nn3)CC2)cc1. The molecule has 0 bridgehead atoms. The second-order valence-electron chi connectivity index (χ2n) is 11.4. The van der Waals surface area contributed by atoms with Gasteiger partial charge in [-0.05, 0) is 66.9 Å². The van der Waals surface area contributed by atoms with Gasteiger partial charge in [0.1, 0.15) is 11.9 Å². The van der Waals surface area contributed by atoms with Crippen molar-refractivity contribution in [3.8, 4) is 11.8 Å². The van der Waals surface area contributed by atoms with E-state index < -0.39 is 15.2 Å². The van der Waals surface area contributed by atoms with E-state index in [-0.39, 0.29) is 35.3 Å². The number of carbonyl (C=O) groups excluding carboxylic acids is 2. The minimum absolute atomic E-state index is 0.0129. The Hall–Kier alpha value is -4.15. The lowest BCUT2D eigenvalue weighted by molar-refractivity contribution is 0.0588. The molecule has 0 saturated carbocycles. The van der Waals surface area contributed by atoms with Crippen LogP contribution < -0.4 is 10.1 Å². The second-order valence-corrected chi connectivity index (χ2v) is 14.3. The molecule has 1 aromatic heterocycles. The molecule has 234 valence electrons. The number of aromatic nitrogens is 2. The van der Waals surface area contributed by atoms with Gasteiger partial charge in [-0.2, -0.15) is 16.9 Å². The van der Waals surface area contributed by atoms with Crippen LogP contribution in [0.5, 0.6) is 5.75 Å². The number of piperidine rings is 2. The maximum atomic E-state index is 13.6. The van der Waals surface area contributed by atoms with E-state index in [1.54, 1.807) is 4.90 Å². The Balaban J connectivity index is 1.05. The molecule has 2 aliphatic heterocycles. The van der Waals surface area contributed by atoms with Crippen molar-refractivity contribution >= 4 is 22.1 Å². The van der Waals surface area contributed by atoms with E-state index in [1.165, 1.54) is 24.3 Å². The van der Waals surface area contributed by atoms with Crippen LogP contribution in [0.3, 0.4) is 0 Å². The van der Waals surface area contributed by atoms with Gasteiger partial charge in [0, 0.05) is 62.8 Å². The first-order valence-electron chi connectivity index (χ1n) is 14.5. The van der Waals surface area contributed by atoms with Gasteiger partial charge in [-0.1, -0.05) is 12.1 Å². The Morgan fingerprint density at radius 1 is 0.909 bits per heavy atom. The molecular weight excluding hydrogens is 593 g/mol. The molecule has 2 amide bonds. The molecule has 2 aromatic carbocycles. The third-order valence-electron chi connectivity index (χ3n) is 7.95. The lowest BCUT2D eigenvalue weighted by Crippen LogP contribution is -2.44. The largest absolute Gasteiger partial charge is 0.490 e. The number of rotatable bonds is 8. The summed E-state index contributed by atoms with van der Waals surface area (Å²) in [5.41, 5.74) is 2.06. The van der Waals surface area contributed by atoms with E-state index in [9.17, 15) is 21.2 Å². The number of benzene rings is 2. The van der Waals surface area contributed by atoms with Gasteiger partial charge in [0.15, 0.2) is 11.4 Å². The Bertz CT molecular complexity index is 1500. The molecule has 1 N–H and O–H groups in total. The summed E-state index contributed by atoms with van der Waals surface area (Å²) in [5, 5.41) is 20.0. The zero-order chi connectivity index (χ0) is 31.3. The standard InChI is InChI=1S/C31H35F3N6O3S/c1-44(32,33,34)27-8-6-25(7-9-27)43-26-14-18-40(19-15-26)31(42)29-11-10-28(37-38-29)30(41)36-24-12-16-39(17-13-24)21-23-4-2-22(20-35)3-5-23/h2-11,24,26,44H,12-19,21H2,1H3,(H,36,41). The lowest BCUT2D eigenvalue weighted by Gasteiger charge is -2.34. The van der Waals surface area contributed by atoms with Gasteiger partial charge in [0.25, 0.3) is 11.8 Å². The van der Waals surface area contributed by atoms with Crippen molar-refractivity contribution in [1.29, 1.82) is 5.26 Å². The Kier molecular flexibility index (Phi) is 9.12. The summed E-state index contributed by atoms with van der Waals surface area (Å²) >= 11 is 0. The molecule has 0 atom stereocenters. The van der Waals surface area contributed by atoms with E-state index in [1.807, 2.05) is 24.3 Å². The number of ether oxygens (including phenoxy) is 1. The van der Waals surface area contributed by atoms with E-state index in [4.69, 9.17) is 10.00 Å². The summed E-state index contributed by atoms with van der Waals surface area (Å²) in [6.45, 7) is 3.26. The van der Waals surface area contributed by atoms with Crippen LogP contribution >= 0.6 is 10.3 Å². The number of amides is 2. The van der Waals surface area contributed by atoms with Gasteiger partial charge in [-0.15, -0.1) is 10.2 Å². The van der Waals surface area contributed by atoms with Crippen molar-refractivity contribution < 1.29 is 26.0 Å². The zero-order valence-corrected chi connectivity index (χ0v) is 25.2. The fraction of sp³-hybridized carbons (Fsp3) is 0.387. The molecule has 44 heavy (non-hydrogen) atoms. The van der Waals surface area contributed by atoms with Crippen molar-refractivity contribution in [3.05, 3.63) is 83.2 Å². The van der Waals surface area contributed by atoms with Gasteiger partial charge in [0.05, 0.1) is 22.0 Å². The predicted octanol–water partition coefficient (Wildman–Crippen LogP) is 5.14. The molecule has 2 saturated heterocycles. The van der Waals surface area contributed by atoms with E-state index in [0.29, 0.717) is 43.5 Å². The quantitative estimate of drug-likeness (QED) is 0.333. The van der Waals surface area contributed by atoms with Gasteiger partial charge < -0.3 is 15.0 Å². The van der Waals surface area contributed by atoms with Gasteiger partial charge in [0.2, 0.25) is 0 Å². The maximum Gasteiger partial charge on any atom is 0.274 e. The molecular formula is C31H35F3N6O3S. The van der Waals surface area contributed by atoms with Gasteiger partial charge in [-0.3, -0.25) is 14.5 Å². The van der Waals surface area contributed by atoms with Crippen LogP contribution in [0, 0.1) is 11.3 Å². The van der Waals surface area contributed by atoms with Gasteiger partial charge >= 0.3 is 0 Å². The summed E-state index contributed by atoms with van der Waals surface area (Å²) in [7, 11) is -6.31. The number of likely N-dealkylation sites (tertiary alicyclic amines) is 2. The van der Waals surface area contributed by atoms with Crippen LogP contribution in [0.2, 0.25) is 0 Å². The topological polar surface area (TPSA) is 111 Å². The zero-order valence-electron chi connectivity index (χ0n) is 24.3. The van der Waals surface area contributed by atoms with Crippen molar-refractivity contribution in [3.63, 3.8) is 0 Å². The molecule has 2 aliphatic rings. The minimum Gasteiger partial charge on any atom is -0.490 e. The van der Waals surface area contributed by atoms with Crippen LogP contribution in [0.25, 0.3) is 0 Å². The highest BCUT2D eigenvalue weighted by Crippen LogP contribution is 2.77. The van der Waals surface area contributed by atoms with Crippen LogP contribution in [0.1, 0.15) is 57.8 Å². The predicted molar refractivity (Wildman–Crippen MR) is 161 cm³/mol. The van der Waals surface area contributed by atoms with Crippen molar-refractivity contribution in [2.75, 3.05) is 32.4 Å². The third-order valence-corrected chi connectivity index (χ3v) is 9.35. The number of halogens is 3. The fourth-order valence-corrected chi connectivity index (χ4v) is 6.16. The first-order valence-corrected chi connectivity index (χ1v) is 16.9. The maximum absolute atomic E-state index is 13.6. The molecule has 0 aliphatic carbocycles. The number of carbonyl (C=O) groups is 2. The van der Waals surface area contributed by atoms with Crippen LogP contribution in [-0.4, -0.2) is 76.4 Å². The summed E-state index contributed by atoms with van der Waals surface area (Å²) in [6.07, 6.45) is 2.76. The van der Waals surface area contributed by atoms with Crippen LogP contribution in [0.4, 0.5) is 11.7 Å². The summed E-state index contributed by atoms with van der Waals surface area (Å²) < 4.78 is 46.6. The van der Waals surface area contributed by atoms with Crippen molar-refractivity contribution in [2.24, 2.45) is 0 Å². The highest BCUT2D eigenvalue weighted by molar-refractivity contribution is 8.37. The van der Waals surface area contributed by atoms with Crippen LogP contribution in [0.15, 0.2) is 65.6 Å². The number of nitrogens with zero attached hydrogens (tertiary/aromatic N) is 5. The Morgan fingerprint density at radius 2 is 1.52 bits per heavy atom. The molecule has 9 nitrogen and oxygen atoms in total. The van der Waals surface area contributed by atoms with E-state index in [0.717, 1.165) is 50.2 Å². The number of thiol groups is 1. The fourth-order valence-electron chi connectivity index (χ4n) is 5.38. The normalized spacial score (nSPS) is 17.7. The van der Waals surface area contributed by atoms with E-state index in [2.05, 4.69) is 26.5 Å². The van der Waals surface area contributed by atoms with Crippen LogP contribution in [-0.2, 0) is 6.54 Å². The number of hydrogen-bond donors (Lipinski definition) is 2. The molecule has 0 unspecified atom stereocenters. The summed E-state index contributed by atoms with van der Waals surface area (Å²) in [6, 6.07) is 17.5. The lowest BCUT2D eigenvalue weighted by atomic mass is 10.0. The van der Waals surface area contributed by atoms with E-state index >= 15 is 0 Å². The molecule has 0 spiro atoms. The van der Waals surface area contributed by atoms with Crippen molar-refractivity contribution in [1.82, 2.24) is 25.3 Å². The van der Waals surface area contributed by atoms with Gasteiger partial charge in [-0.25, -0.2) is 0 Å². The summed E-state index contributed by atoms with van der Waals surface area (Å²) in [4.78, 5) is 29.1. The smallest absolute Gasteiger partial charge is 0.274 e. The first kappa shape index (κ1) is 31.3. The average Bonchev–Trinajstić information content (AvgIpc) is 3.02. The highest BCUT2D eigenvalue weighted by atomic mass is 32.4. The number of nitrogens with one attached hydrogen (secondary N) is 1. The molecule has 3 heterocycles. The van der Waals surface area contributed by atoms with Crippen molar-refractivity contribution in [2.45, 2.75) is 49.3 Å². The molecule has 3 aromatic rings. The number of hydrogen-bond acceptors (Lipinski definition) is 7.